The van der Waals surface area contributed by atoms with Gasteiger partial charge in [0.25, 0.3) is 0 Å². The van der Waals surface area contributed by atoms with Gasteiger partial charge >= 0.3 is 0 Å². The van der Waals surface area contributed by atoms with Crippen LogP contribution < -0.4 is 0 Å². The highest BCUT2D eigenvalue weighted by molar-refractivity contribution is 5.37. The van der Waals surface area contributed by atoms with Crippen LogP contribution in [0.4, 0.5) is 0 Å². The molecular weight excluding hydrogens is 226 g/mol. The molecule has 98 valence electrons. The lowest BCUT2D eigenvalue weighted by atomic mass is 9.87. The Labute approximate surface area is 108 Å². The van der Waals surface area contributed by atoms with E-state index in [0.29, 0.717) is 12.8 Å². The maximum atomic E-state index is 11.6. The fourth-order valence-electron chi connectivity index (χ4n) is 3.05. The normalized spacial score (nSPS) is 21.8. The molecule has 18 heavy (non-hydrogen) atoms. The summed E-state index contributed by atoms with van der Waals surface area (Å²) in [5.41, 5.74) is 1.33. The molecule has 0 N–H and O–H groups in total. The van der Waals surface area contributed by atoms with E-state index in [2.05, 4.69) is 6.92 Å². The van der Waals surface area contributed by atoms with Crippen LogP contribution >= 0.6 is 0 Å². The Morgan fingerprint density at radius 3 is 2.78 bits per heavy atom. The van der Waals surface area contributed by atoms with E-state index in [-0.39, 0.29) is 4.92 Å². The van der Waals surface area contributed by atoms with Crippen LogP contribution in [0.1, 0.15) is 56.6 Å². The van der Waals surface area contributed by atoms with Gasteiger partial charge in [0.2, 0.25) is 5.54 Å². The van der Waals surface area contributed by atoms with E-state index in [1.54, 1.807) is 0 Å². The maximum absolute atomic E-state index is 11.6. The number of hydrogen-bond acceptors (Lipinski definition) is 2. The maximum Gasteiger partial charge on any atom is 0.247 e. The molecule has 1 aromatic carbocycles. The summed E-state index contributed by atoms with van der Waals surface area (Å²) in [6, 6.07) is 7.89. The van der Waals surface area contributed by atoms with Crippen LogP contribution in [0.15, 0.2) is 24.3 Å². The van der Waals surface area contributed by atoms with Gasteiger partial charge in [0.15, 0.2) is 0 Å². The predicted octanol–water partition coefficient (Wildman–Crippen LogP) is 4.08. The molecule has 1 atom stereocenters. The molecule has 0 heterocycles. The largest absolute Gasteiger partial charge is 0.264 e. The Kier molecular flexibility index (Phi) is 4.00. The van der Waals surface area contributed by atoms with E-state index in [9.17, 15) is 10.1 Å². The zero-order valence-electron chi connectivity index (χ0n) is 11.0. The van der Waals surface area contributed by atoms with E-state index in [1.165, 1.54) is 18.4 Å². The second-order valence-electron chi connectivity index (χ2n) is 5.26. The topological polar surface area (TPSA) is 43.1 Å². The zero-order valence-corrected chi connectivity index (χ0v) is 11.0. The van der Waals surface area contributed by atoms with Gasteiger partial charge in [-0.1, -0.05) is 50.5 Å². The van der Waals surface area contributed by atoms with Crippen LogP contribution in [0.5, 0.6) is 0 Å². The van der Waals surface area contributed by atoms with Crippen molar-refractivity contribution < 1.29 is 4.92 Å². The van der Waals surface area contributed by atoms with Gasteiger partial charge in [-0.25, -0.2) is 0 Å². The van der Waals surface area contributed by atoms with Crippen LogP contribution in [0.25, 0.3) is 0 Å². The molecule has 0 spiro atoms. The van der Waals surface area contributed by atoms with Gasteiger partial charge < -0.3 is 0 Å². The number of nitro groups is 1. The van der Waals surface area contributed by atoms with Gasteiger partial charge in [-0.2, -0.15) is 0 Å². The number of hydrogen-bond donors (Lipinski definition) is 0. The molecule has 0 bridgehead atoms. The van der Waals surface area contributed by atoms with E-state index in [1.807, 2.05) is 24.3 Å². The molecule has 1 aliphatic carbocycles. The van der Waals surface area contributed by atoms with Crippen LogP contribution in [-0.4, -0.2) is 4.92 Å². The average Bonchev–Trinajstić information content (AvgIpc) is 2.75. The fraction of sp³-hybridized carbons (Fsp3) is 0.600. The van der Waals surface area contributed by atoms with Gasteiger partial charge in [0.1, 0.15) is 0 Å². The Bertz CT molecular complexity index is 430. The first-order valence-electron chi connectivity index (χ1n) is 6.93. The molecule has 1 aromatic rings. The fourth-order valence-corrected chi connectivity index (χ4v) is 3.05. The van der Waals surface area contributed by atoms with Crippen molar-refractivity contribution in [1.29, 1.82) is 0 Å². The highest BCUT2D eigenvalue weighted by atomic mass is 16.6. The van der Waals surface area contributed by atoms with Gasteiger partial charge in [-0.3, -0.25) is 10.1 Å². The smallest absolute Gasteiger partial charge is 0.247 e. The number of fused-ring (bicyclic) bond motifs is 1. The minimum atomic E-state index is -0.801. The van der Waals surface area contributed by atoms with E-state index < -0.39 is 5.54 Å². The molecule has 0 saturated carbocycles. The number of nitrogens with zero attached hydrogens (tertiary/aromatic N) is 1. The van der Waals surface area contributed by atoms with Gasteiger partial charge in [0, 0.05) is 23.3 Å². The third-order valence-electron chi connectivity index (χ3n) is 4.12. The Morgan fingerprint density at radius 2 is 2.06 bits per heavy atom. The van der Waals surface area contributed by atoms with Crippen LogP contribution in [0.3, 0.4) is 0 Å². The molecule has 3 heteroatoms. The SMILES string of the molecule is CCCCCCC1([N+](=O)[O-])CCc2ccccc21. The minimum absolute atomic E-state index is 0.0369. The number of aryl methyl sites for hydroxylation is 1. The molecule has 0 aromatic heterocycles. The van der Waals surface area contributed by atoms with Crippen molar-refractivity contribution in [3.63, 3.8) is 0 Å². The second kappa shape index (κ2) is 5.51. The van der Waals surface area contributed by atoms with Crippen molar-refractivity contribution in [3.8, 4) is 0 Å². The summed E-state index contributed by atoms with van der Waals surface area (Å²) >= 11 is 0. The Hall–Kier alpha value is -1.38. The van der Waals surface area contributed by atoms with Gasteiger partial charge in [-0.05, 0) is 18.4 Å². The van der Waals surface area contributed by atoms with Crippen LogP contribution in [0.2, 0.25) is 0 Å². The molecule has 1 aliphatic rings. The zero-order chi connectivity index (χ0) is 13.0. The summed E-state index contributed by atoms with van der Waals surface area (Å²) in [6.07, 6.45) is 6.63. The van der Waals surface area contributed by atoms with Crippen molar-refractivity contribution in [3.05, 3.63) is 45.5 Å². The third kappa shape index (κ3) is 2.26. The molecule has 2 rings (SSSR count). The van der Waals surface area contributed by atoms with Crippen molar-refractivity contribution in [2.24, 2.45) is 0 Å². The highest BCUT2D eigenvalue weighted by Crippen LogP contribution is 2.43. The predicted molar refractivity (Wildman–Crippen MR) is 72.2 cm³/mol. The summed E-state index contributed by atoms with van der Waals surface area (Å²) in [7, 11) is 0. The summed E-state index contributed by atoms with van der Waals surface area (Å²) in [5.74, 6) is 0. The van der Waals surface area contributed by atoms with E-state index in [4.69, 9.17) is 0 Å². The molecule has 0 radical (unpaired) electrons. The monoisotopic (exact) mass is 247 g/mol. The molecule has 1 unspecified atom stereocenters. The number of benzene rings is 1. The molecule has 0 saturated heterocycles. The Morgan fingerprint density at radius 1 is 1.28 bits per heavy atom. The van der Waals surface area contributed by atoms with Gasteiger partial charge in [0.05, 0.1) is 0 Å². The second-order valence-corrected chi connectivity index (χ2v) is 5.26. The van der Waals surface area contributed by atoms with Crippen LogP contribution in [-0.2, 0) is 12.0 Å². The van der Waals surface area contributed by atoms with E-state index in [0.717, 1.165) is 24.8 Å². The molecular formula is C15H21NO2. The van der Waals surface area contributed by atoms with Gasteiger partial charge in [-0.15, -0.1) is 0 Å². The first-order chi connectivity index (χ1) is 8.70. The average molecular weight is 247 g/mol. The summed E-state index contributed by atoms with van der Waals surface area (Å²) in [5, 5.41) is 11.6. The summed E-state index contributed by atoms with van der Waals surface area (Å²) < 4.78 is 0. The van der Waals surface area contributed by atoms with Crippen molar-refractivity contribution in [2.45, 2.75) is 57.4 Å². The summed E-state index contributed by atoms with van der Waals surface area (Å²) in [6.45, 7) is 2.16. The number of unbranched alkanes of at least 4 members (excludes halogenated alkanes) is 3. The summed E-state index contributed by atoms with van der Waals surface area (Å²) in [4.78, 5) is 11.5. The minimum Gasteiger partial charge on any atom is -0.264 e. The quantitative estimate of drug-likeness (QED) is 0.432. The molecule has 0 amide bonds. The number of rotatable bonds is 6. The molecule has 0 aliphatic heterocycles. The van der Waals surface area contributed by atoms with E-state index >= 15 is 0 Å². The lowest BCUT2D eigenvalue weighted by Crippen LogP contribution is -2.32. The van der Waals surface area contributed by atoms with Crippen molar-refractivity contribution in [2.75, 3.05) is 0 Å². The molecule has 3 nitrogen and oxygen atoms in total. The third-order valence-corrected chi connectivity index (χ3v) is 4.12. The first-order valence-corrected chi connectivity index (χ1v) is 6.93. The Balaban J connectivity index is 2.17. The van der Waals surface area contributed by atoms with Crippen molar-refractivity contribution >= 4 is 0 Å². The first kappa shape index (κ1) is 13.1. The van der Waals surface area contributed by atoms with Crippen LogP contribution in [0, 0.1) is 10.1 Å². The van der Waals surface area contributed by atoms with Crippen molar-refractivity contribution in [1.82, 2.24) is 0 Å². The highest BCUT2D eigenvalue weighted by Gasteiger charge is 2.48. The standard InChI is InChI=1S/C15H21NO2/c1-2-3-4-7-11-15(16(17)18)12-10-13-8-5-6-9-14(13)15/h5-6,8-9H,2-4,7,10-12H2,1H3. The molecule has 0 fully saturated rings. The lowest BCUT2D eigenvalue weighted by Gasteiger charge is -2.21. The lowest BCUT2D eigenvalue weighted by molar-refractivity contribution is -0.580.